The zero-order valence-corrected chi connectivity index (χ0v) is 11.4. The van der Waals surface area contributed by atoms with E-state index in [0.717, 1.165) is 22.8 Å². The van der Waals surface area contributed by atoms with Gasteiger partial charge in [-0.3, -0.25) is 0 Å². The molecule has 0 spiro atoms. The first-order valence-corrected chi connectivity index (χ1v) is 6.33. The van der Waals surface area contributed by atoms with Gasteiger partial charge in [-0.25, -0.2) is 9.59 Å². The van der Waals surface area contributed by atoms with Crippen LogP contribution in [0.4, 0.5) is 0 Å². The molecule has 0 aliphatic carbocycles. The lowest BCUT2D eigenvalue weighted by Gasteiger charge is -2.05. The molecule has 2 aromatic rings. The van der Waals surface area contributed by atoms with Gasteiger partial charge in [-0.1, -0.05) is 36.4 Å². The Bertz CT molecular complexity index is 712. The summed E-state index contributed by atoms with van der Waals surface area (Å²) in [6.07, 6.45) is 1.15. The van der Waals surface area contributed by atoms with Crippen LogP contribution in [0.25, 0.3) is 16.7 Å². The molecule has 0 bridgehead atoms. The number of hydrogen-bond donors (Lipinski definition) is 2. The van der Waals surface area contributed by atoms with E-state index in [-0.39, 0.29) is 5.56 Å². The zero-order chi connectivity index (χ0) is 15.4. The average molecular weight is 282 g/mol. The maximum atomic E-state index is 11.0. The number of benzene rings is 2. The van der Waals surface area contributed by atoms with Gasteiger partial charge in [-0.2, -0.15) is 0 Å². The molecule has 2 rings (SSSR count). The first kappa shape index (κ1) is 14.5. The summed E-state index contributed by atoms with van der Waals surface area (Å²) in [6.45, 7) is 1.73. The second kappa shape index (κ2) is 6.05. The third kappa shape index (κ3) is 3.57. The van der Waals surface area contributed by atoms with Crippen LogP contribution in [-0.4, -0.2) is 22.2 Å². The van der Waals surface area contributed by atoms with E-state index in [4.69, 9.17) is 10.2 Å². The van der Waals surface area contributed by atoms with Crippen molar-refractivity contribution in [2.24, 2.45) is 0 Å². The quantitative estimate of drug-likeness (QED) is 0.841. The smallest absolute Gasteiger partial charge is 0.335 e. The Labute approximate surface area is 122 Å². The molecule has 106 valence electrons. The SMILES string of the molecule is C/C(=C\C(=O)O)c1ccc(-c2cccc(C(=O)O)c2)cc1. The average Bonchev–Trinajstić information content (AvgIpc) is 2.47. The molecule has 0 radical (unpaired) electrons. The number of carboxylic acids is 2. The van der Waals surface area contributed by atoms with Crippen molar-refractivity contribution < 1.29 is 19.8 Å². The second-order valence-electron chi connectivity index (χ2n) is 4.63. The number of hydrogen-bond acceptors (Lipinski definition) is 2. The molecule has 0 fully saturated rings. The predicted molar refractivity (Wildman–Crippen MR) is 80.1 cm³/mol. The van der Waals surface area contributed by atoms with Crippen molar-refractivity contribution in [2.45, 2.75) is 6.92 Å². The van der Waals surface area contributed by atoms with Crippen molar-refractivity contribution in [3.8, 4) is 11.1 Å². The molecule has 4 heteroatoms. The normalized spacial score (nSPS) is 11.2. The van der Waals surface area contributed by atoms with Crippen molar-refractivity contribution >= 4 is 17.5 Å². The third-order valence-corrected chi connectivity index (χ3v) is 3.12. The van der Waals surface area contributed by atoms with Gasteiger partial charge in [0.15, 0.2) is 0 Å². The lowest BCUT2D eigenvalue weighted by atomic mass is 9.99. The number of allylic oxidation sites excluding steroid dienone is 1. The van der Waals surface area contributed by atoms with Gasteiger partial charge in [0, 0.05) is 6.08 Å². The molecular formula is C17H14O4. The topological polar surface area (TPSA) is 74.6 Å². The minimum Gasteiger partial charge on any atom is -0.478 e. The van der Waals surface area contributed by atoms with E-state index < -0.39 is 11.9 Å². The minimum atomic E-state index is -0.981. The molecule has 4 nitrogen and oxygen atoms in total. The summed E-state index contributed by atoms with van der Waals surface area (Å²) >= 11 is 0. The van der Waals surface area contributed by atoms with E-state index in [1.54, 1.807) is 25.1 Å². The molecular weight excluding hydrogens is 268 g/mol. The molecule has 0 unspecified atom stereocenters. The van der Waals surface area contributed by atoms with Crippen molar-refractivity contribution in [2.75, 3.05) is 0 Å². The summed E-state index contributed by atoms with van der Waals surface area (Å²) in [4.78, 5) is 21.6. The number of rotatable bonds is 4. The number of aromatic carboxylic acids is 1. The molecule has 21 heavy (non-hydrogen) atoms. The molecule has 0 saturated heterocycles. The first-order valence-electron chi connectivity index (χ1n) is 6.33. The fraction of sp³-hybridized carbons (Fsp3) is 0.0588. The van der Waals surface area contributed by atoms with Crippen LogP contribution >= 0.6 is 0 Å². The molecule has 0 atom stereocenters. The number of aliphatic carboxylic acids is 1. The highest BCUT2D eigenvalue weighted by molar-refractivity contribution is 5.90. The van der Waals surface area contributed by atoms with E-state index in [2.05, 4.69) is 0 Å². The van der Waals surface area contributed by atoms with Gasteiger partial charge in [0.1, 0.15) is 0 Å². The maximum absolute atomic E-state index is 11.0. The van der Waals surface area contributed by atoms with Crippen LogP contribution in [0.2, 0.25) is 0 Å². The highest BCUT2D eigenvalue weighted by Crippen LogP contribution is 2.23. The molecule has 0 amide bonds. The summed E-state index contributed by atoms with van der Waals surface area (Å²) in [5, 5.41) is 17.7. The summed E-state index contributed by atoms with van der Waals surface area (Å²) in [6, 6.07) is 14.0. The predicted octanol–water partition coefficient (Wildman–Crippen LogP) is 3.54. The van der Waals surface area contributed by atoms with E-state index in [1.165, 1.54) is 0 Å². The van der Waals surface area contributed by atoms with Crippen LogP contribution in [-0.2, 0) is 4.79 Å². The minimum absolute atomic E-state index is 0.235. The zero-order valence-electron chi connectivity index (χ0n) is 11.4. The highest BCUT2D eigenvalue weighted by Gasteiger charge is 2.05. The van der Waals surface area contributed by atoms with E-state index in [9.17, 15) is 9.59 Å². The molecule has 0 aromatic heterocycles. The molecule has 2 aromatic carbocycles. The summed E-state index contributed by atoms with van der Waals surface area (Å²) in [5.74, 6) is -1.94. The standard InChI is InChI=1S/C17H14O4/c1-11(9-16(18)19)12-5-7-13(8-6-12)14-3-2-4-15(10-14)17(20)21/h2-10H,1H3,(H,18,19)(H,20,21)/b11-9+. The Morgan fingerprint density at radius 2 is 1.57 bits per heavy atom. The van der Waals surface area contributed by atoms with Gasteiger partial charge in [0.25, 0.3) is 0 Å². The first-order chi connectivity index (χ1) is 9.97. The molecule has 0 aliphatic rings. The van der Waals surface area contributed by atoms with Crippen molar-refractivity contribution in [3.63, 3.8) is 0 Å². The summed E-state index contributed by atoms with van der Waals surface area (Å²) in [7, 11) is 0. The molecule has 0 heterocycles. The Hall–Kier alpha value is -2.88. The molecule has 0 aliphatic heterocycles. The van der Waals surface area contributed by atoms with Crippen LogP contribution in [0.1, 0.15) is 22.8 Å². The van der Waals surface area contributed by atoms with Gasteiger partial charge in [-0.05, 0) is 41.3 Å². The maximum Gasteiger partial charge on any atom is 0.335 e. The van der Waals surface area contributed by atoms with Crippen LogP contribution < -0.4 is 0 Å². The Kier molecular flexibility index (Phi) is 4.18. The van der Waals surface area contributed by atoms with Gasteiger partial charge in [0.2, 0.25) is 0 Å². The molecule has 2 N–H and O–H groups in total. The highest BCUT2D eigenvalue weighted by atomic mass is 16.4. The van der Waals surface area contributed by atoms with Crippen molar-refractivity contribution in [1.29, 1.82) is 0 Å². The van der Waals surface area contributed by atoms with Gasteiger partial charge < -0.3 is 10.2 Å². The Balaban J connectivity index is 2.33. The van der Waals surface area contributed by atoms with Crippen LogP contribution in [0, 0.1) is 0 Å². The van der Waals surface area contributed by atoms with Crippen LogP contribution in [0.15, 0.2) is 54.6 Å². The summed E-state index contributed by atoms with van der Waals surface area (Å²) in [5.41, 5.74) is 3.40. The van der Waals surface area contributed by atoms with Crippen LogP contribution in [0.5, 0.6) is 0 Å². The fourth-order valence-electron chi connectivity index (χ4n) is 2.03. The second-order valence-corrected chi connectivity index (χ2v) is 4.63. The van der Waals surface area contributed by atoms with Crippen LogP contribution in [0.3, 0.4) is 0 Å². The van der Waals surface area contributed by atoms with Crippen molar-refractivity contribution in [1.82, 2.24) is 0 Å². The lowest BCUT2D eigenvalue weighted by Crippen LogP contribution is -1.95. The Morgan fingerprint density at radius 1 is 0.905 bits per heavy atom. The largest absolute Gasteiger partial charge is 0.478 e. The van der Waals surface area contributed by atoms with E-state index in [1.807, 2.05) is 30.3 Å². The lowest BCUT2D eigenvalue weighted by molar-refractivity contribution is -0.131. The third-order valence-electron chi connectivity index (χ3n) is 3.12. The Morgan fingerprint density at radius 3 is 2.14 bits per heavy atom. The van der Waals surface area contributed by atoms with Gasteiger partial charge in [-0.15, -0.1) is 0 Å². The number of carboxylic acid groups (broad SMARTS) is 2. The van der Waals surface area contributed by atoms with E-state index in [0.29, 0.717) is 5.57 Å². The van der Waals surface area contributed by atoms with Gasteiger partial charge in [0.05, 0.1) is 5.56 Å². The molecule has 0 saturated carbocycles. The van der Waals surface area contributed by atoms with E-state index >= 15 is 0 Å². The monoisotopic (exact) mass is 282 g/mol. The van der Waals surface area contributed by atoms with Crippen molar-refractivity contribution in [3.05, 3.63) is 65.7 Å². The summed E-state index contributed by atoms with van der Waals surface area (Å²) < 4.78 is 0. The van der Waals surface area contributed by atoms with Gasteiger partial charge >= 0.3 is 11.9 Å². The fourth-order valence-corrected chi connectivity index (χ4v) is 2.03. The number of carbonyl (C=O) groups is 2.